The van der Waals surface area contributed by atoms with Gasteiger partial charge in [-0.1, -0.05) is 0 Å². The van der Waals surface area contributed by atoms with E-state index in [-0.39, 0.29) is 0 Å². The molecule has 0 heterocycles. The number of nitrogens with two attached hydrogens (primary N) is 1. The Morgan fingerprint density at radius 3 is 2.25 bits per heavy atom. The molecule has 0 saturated heterocycles. The van der Waals surface area contributed by atoms with Crippen LogP contribution >= 0.6 is 0 Å². The summed E-state index contributed by atoms with van der Waals surface area (Å²) in [7, 11) is 0. The second-order valence-electron chi connectivity index (χ2n) is 3.70. The minimum Gasteiger partial charge on any atom is -0.481 e. The van der Waals surface area contributed by atoms with Crippen LogP contribution in [0.3, 0.4) is 0 Å². The van der Waals surface area contributed by atoms with Crippen LogP contribution in [-0.2, 0) is 9.59 Å². The van der Waals surface area contributed by atoms with Crippen LogP contribution in [0.25, 0.3) is 0 Å². The molecule has 2 aliphatic carbocycles. The normalized spacial score (nSPS) is 48.9. The van der Waals surface area contributed by atoms with Crippen molar-refractivity contribution >= 4 is 11.9 Å². The first-order valence-corrected chi connectivity index (χ1v) is 3.69. The second kappa shape index (κ2) is 1.64. The maximum absolute atomic E-state index is 10.6. The molecule has 3 atom stereocenters. The Kier molecular flexibility index (Phi) is 1.03. The van der Waals surface area contributed by atoms with Gasteiger partial charge in [-0.15, -0.1) is 0 Å². The first kappa shape index (κ1) is 7.54. The predicted molar refractivity (Wildman–Crippen MR) is 37.3 cm³/mol. The number of carboxylic acid groups (broad SMARTS) is 2. The lowest BCUT2D eigenvalue weighted by Crippen LogP contribution is -2.36. The van der Waals surface area contributed by atoms with Crippen molar-refractivity contribution in [1.82, 2.24) is 0 Å². The van der Waals surface area contributed by atoms with Crippen molar-refractivity contribution in [3.8, 4) is 0 Å². The highest BCUT2D eigenvalue weighted by molar-refractivity contribution is 5.90. The van der Waals surface area contributed by atoms with E-state index >= 15 is 0 Å². The second-order valence-corrected chi connectivity index (χ2v) is 3.70. The number of carboxylic acids is 2. The molecule has 2 aliphatic rings. The summed E-state index contributed by atoms with van der Waals surface area (Å²) in [6.45, 7) is 0. The van der Waals surface area contributed by atoms with E-state index in [1.54, 1.807) is 0 Å². The fourth-order valence-corrected chi connectivity index (χ4v) is 2.06. The van der Waals surface area contributed by atoms with Crippen molar-refractivity contribution in [3.63, 3.8) is 0 Å². The molecule has 2 rings (SSSR count). The van der Waals surface area contributed by atoms with Crippen molar-refractivity contribution in [3.05, 3.63) is 0 Å². The van der Waals surface area contributed by atoms with E-state index < -0.39 is 28.8 Å². The Labute approximate surface area is 68.2 Å². The highest BCUT2D eigenvalue weighted by Crippen LogP contribution is 2.75. The fourth-order valence-electron chi connectivity index (χ4n) is 2.06. The van der Waals surface area contributed by atoms with Crippen molar-refractivity contribution in [2.45, 2.75) is 18.4 Å². The van der Waals surface area contributed by atoms with Gasteiger partial charge < -0.3 is 15.9 Å². The summed E-state index contributed by atoms with van der Waals surface area (Å²) in [4.78, 5) is 21.1. The predicted octanol–water partition coefficient (Wildman–Crippen LogP) is -0.737. The third kappa shape index (κ3) is 0.582. The van der Waals surface area contributed by atoms with Crippen LogP contribution in [0.4, 0.5) is 0 Å². The van der Waals surface area contributed by atoms with Crippen LogP contribution in [0.1, 0.15) is 12.8 Å². The SMILES string of the molecule is N[C@@]1(C(=O)O)C[C@]12C[C@@H]2C(=O)O. The topological polar surface area (TPSA) is 101 Å². The summed E-state index contributed by atoms with van der Waals surface area (Å²) in [5, 5.41) is 17.3. The molecule has 5 nitrogen and oxygen atoms in total. The Balaban J connectivity index is 2.15. The van der Waals surface area contributed by atoms with Gasteiger partial charge in [0.1, 0.15) is 5.54 Å². The van der Waals surface area contributed by atoms with Crippen LogP contribution in [0, 0.1) is 11.3 Å². The van der Waals surface area contributed by atoms with Gasteiger partial charge >= 0.3 is 11.9 Å². The quantitative estimate of drug-likeness (QED) is 0.508. The molecule has 2 fully saturated rings. The van der Waals surface area contributed by atoms with Crippen molar-refractivity contribution in [2.24, 2.45) is 17.1 Å². The largest absolute Gasteiger partial charge is 0.481 e. The van der Waals surface area contributed by atoms with Crippen LogP contribution in [0.15, 0.2) is 0 Å². The summed E-state index contributed by atoms with van der Waals surface area (Å²) in [5.41, 5.74) is 3.63. The molecule has 4 N–H and O–H groups in total. The summed E-state index contributed by atoms with van der Waals surface area (Å²) >= 11 is 0. The smallest absolute Gasteiger partial charge is 0.324 e. The lowest BCUT2D eigenvalue weighted by atomic mass is 10.1. The third-order valence-corrected chi connectivity index (χ3v) is 3.11. The first-order valence-electron chi connectivity index (χ1n) is 3.69. The molecule has 5 heteroatoms. The fraction of sp³-hybridized carbons (Fsp3) is 0.714. The highest BCUT2D eigenvalue weighted by Gasteiger charge is 2.84. The third-order valence-electron chi connectivity index (χ3n) is 3.11. The average Bonchev–Trinajstić information content (AvgIpc) is 2.75. The van der Waals surface area contributed by atoms with Gasteiger partial charge in [0.2, 0.25) is 0 Å². The zero-order valence-corrected chi connectivity index (χ0v) is 6.28. The molecule has 66 valence electrons. The van der Waals surface area contributed by atoms with E-state index in [0.717, 1.165) is 0 Å². The van der Waals surface area contributed by atoms with Gasteiger partial charge in [-0.2, -0.15) is 0 Å². The molecule has 0 aromatic rings. The number of hydrogen-bond acceptors (Lipinski definition) is 3. The minimum absolute atomic E-state index is 0.312. The highest BCUT2D eigenvalue weighted by atomic mass is 16.4. The Bertz CT molecular complexity index is 289. The van der Waals surface area contributed by atoms with E-state index in [1.165, 1.54) is 0 Å². The lowest BCUT2D eigenvalue weighted by Gasteiger charge is -2.01. The number of aliphatic carboxylic acids is 2. The van der Waals surface area contributed by atoms with Gasteiger partial charge in [0, 0.05) is 5.41 Å². The van der Waals surface area contributed by atoms with Gasteiger partial charge in [-0.25, -0.2) is 0 Å². The molecule has 0 aromatic carbocycles. The van der Waals surface area contributed by atoms with Gasteiger partial charge in [-0.3, -0.25) is 9.59 Å². The minimum atomic E-state index is -1.25. The molecule has 0 aliphatic heterocycles. The van der Waals surface area contributed by atoms with Gasteiger partial charge in [0.25, 0.3) is 0 Å². The zero-order chi connectivity index (χ0) is 9.15. The Morgan fingerprint density at radius 2 is 2.00 bits per heavy atom. The average molecular weight is 171 g/mol. The van der Waals surface area contributed by atoms with E-state index in [0.29, 0.717) is 12.8 Å². The monoisotopic (exact) mass is 171 g/mol. The molecule has 0 bridgehead atoms. The van der Waals surface area contributed by atoms with Crippen LogP contribution in [0.5, 0.6) is 0 Å². The molecule has 0 unspecified atom stereocenters. The maximum atomic E-state index is 10.6. The van der Waals surface area contributed by atoms with Crippen LogP contribution < -0.4 is 5.73 Å². The number of carbonyl (C=O) groups is 2. The van der Waals surface area contributed by atoms with Crippen molar-refractivity contribution in [1.29, 1.82) is 0 Å². The Morgan fingerprint density at radius 1 is 1.42 bits per heavy atom. The van der Waals surface area contributed by atoms with Crippen molar-refractivity contribution < 1.29 is 19.8 Å². The summed E-state index contributed by atoms with van der Waals surface area (Å²) in [6.07, 6.45) is 0.734. The van der Waals surface area contributed by atoms with E-state index in [1.807, 2.05) is 0 Å². The Hall–Kier alpha value is -1.10. The molecular formula is C7H9NO4. The van der Waals surface area contributed by atoms with Gasteiger partial charge in [0.15, 0.2) is 0 Å². The molecule has 0 amide bonds. The maximum Gasteiger partial charge on any atom is 0.324 e. The van der Waals surface area contributed by atoms with Crippen LogP contribution in [-0.4, -0.2) is 27.7 Å². The summed E-state index contributed by atoms with van der Waals surface area (Å²) < 4.78 is 0. The molecule has 0 aromatic heterocycles. The number of hydrogen-bond donors (Lipinski definition) is 3. The van der Waals surface area contributed by atoms with Crippen molar-refractivity contribution in [2.75, 3.05) is 0 Å². The standard InChI is InChI=1S/C7H9NO4/c8-7(5(11)12)2-6(7)1-3(6)4(9)10/h3H,1-2,8H2,(H,9,10)(H,11,12)/t3-,6+,7-/m1/s1. The molecular weight excluding hydrogens is 162 g/mol. The molecule has 0 radical (unpaired) electrons. The summed E-state index contributed by atoms with van der Waals surface area (Å²) in [6, 6.07) is 0. The van der Waals surface area contributed by atoms with Crippen LogP contribution in [0.2, 0.25) is 0 Å². The van der Waals surface area contributed by atoms with E-state index in [2.05, 4.69) is 0 Å². The zero-order valence-electron chi connectivity index (χ0n) is 6.28. The van der Waals surface area contributed by atoms with Gasteiger partial charge in [-0.05, 0) is 12.8 Å². The van der Waals surface area contributed by atoms with E-state index in [4.69, 9.17) is 15.9 Å². The molecule has 2 saturated carbocycles. The van der Waals surface area contributed by atoms with Gasteiger partial charge in [0.05, 0.1) is 5.92 Å². The summed E-state index contributed by atoms with van der Waals surface area (Å²) in [5.74, 6) is -2.53. The molecule has 1 spiro atoms. The number of rotatable bonds is 2. The first-order chi connectivity index (χ1) is 5.44. The molecule has 12 heavy (non-hydrogen) atoms. The van der Waals surface area contributed by atoms with E-state index in [9.17, 15) is 9.59 Å². The lowest BCUT2D eigenvalue weighted by molar-refractivity contribution is -0.140.